The highest BCUT2D eigenvalue weighted by atomic mass is 32.2. The lowest BCUT2D eigenvalue weighted by Gasteiger charge is -1.85. The zero-order chi connectivity index (χ0) is 6.15. The summed E-state index contributed by atoms with van der Waals surface area (Å²) in [5.41, 5.74) is 0. The van der Waals surface area contributed by atoms with Crippen LogP contribution >= 0.6 is 0 Å². The lowest BCUT2D eigenvalue weighted by molar-refractivity contribution is 0.451. The molecule has 4 heteroatoms. The molecule has 1 aliphatic heterocycles. The van der Waals surface area contributed by atoms with E-state index >= 15 is 0 Å². The standard InChI is InChI=1S/C4H5NO2S/c1-3-5-2-4(6)8(3)7/h2,6H,1H3. The van der Waals surface area contributed by atoms with E-state index in [1.54, 1.807) is 6.92 Å². The van der Waals surface area contributed by atoms with Crippen molar-refractivity contribution < 1.29 is 9.32 Å². The monoisotopic (exact) mass is 131 g/mol. The van der Waals surface area contributed by atoms with Gasteiger partial charge in [-0.25, -0.2) is 9.20 Å². The first-order valence-electron chi connectivity index (χ1n) is 2.07. The molecule has 0 amide bonds. The molecule has 0 aromatic rings. The van der Waals surface area contributed by atoms with E-state index < -0.39 is 10.8 Å². The molecule has 3 nitrogen and oxygen atoms in total. The predicted octanol–water partition coefficient (Wildman–Crippen LogP) is 0.524. The minimum atomic E-state index is -1.35. The first kappa shape index (κ1) is 5.50. The lowest BCUT2D eigenvalue weighted by atomic mass is 10.8. The van der Waals surface area contributed by atoms with Crippen molar-refractivity contribution >= 4 is 15.8 Å². The van der Waals surface area contributed by atoms with E-state index in [2.05, 4.69) is 4.99 Å². The molecule has 0 fully saturated rings. The van der Waals surface area contributed by atoms with Crippen molar-refractivity contribution in [2.75, 3.05) is 0 Å². The van der Waals surface area contributed by atoms with E-state index in [4.69, 9.17) is 5.11 Å². The van der Waals surface area contributed by atoms with E-state index in [0.717, 1.165) is 0 Å². The second-order valence-corrected chi connectivity index (χ2v) is 2.93. The van der Waals surface area contributed by atoms with Gasteiger partial charge in [0.25, 0.3) is 0 Å². The molecule has 1 rings (SSSR count). The van der Waals surface area contributed by atoms with E-state index in [-0.39, 0.29) is 5.09 Å². The van der Waals surface area contributed by atoms with E-state index in [9.17, 15) is 4.21 Å². The molecule has 1 heterocycles. The molecule has 0 bridgehead atoms. The van der Waals surface area contributed by atoms with Crippen molar-refractivity contribution in [1.82, 2.24) is 0 Å². The highest BCUT2D eigenvalue weighted by molar-refractivity contribution is 8.04. The van der Waals surface area contributed by atoms with Gasteiger partial charge in [0, 0.05) is 0 Å². The molecule has 0 saturated carbocycles. The second-order valence-electron chi connectivity index (χ2n) is 1.38. The van der Waals surface area contributed by atoms with Gasteiger partial charge in [0.05, 0.1) is 6.20 Å². The van der Waals surface area contributed by atoms with Gasteiger partial charge in [-0.15, -0.1) is 0 Å². The summed E-state index contributed by atoms with van der Waals surface area (Å²) >= 11 is 0. The third kappa shape index (κ3) is 0.667. The van der Waals surface area contributed by atoms with Crippen LogP contribution in [0.15, 0.2) is 16.3 Å². The van der Waals surface area contributed by atoms with E-state index in [0.29, 0.717) is 5.04 Å². The van der Waals surface area contributed by atoms with Crippen molar-refractivity contribution in [1.29, 1.82) is 0 Å². The number of aliphatic imine (C=N–C) groups is 1. The Morgan fingerprint density at radius 2 is 2.50 bits per heavy atom. The summed E-state index contributed by atoms with van der Waals surface area (Å²) in [6, 6.07) is 0. The summed E-state index contributed by atoms with van der Waals surface area (Å²) in [5.74, 6) is 0. The van der Waals surface area contributed by atoms with Crippen molar-refractivity contribution in [2.45, 2.75) is 6.92 Å². The van der Waals surface area contributed by atoms with Crippen LogP contribution < -0.4 is 0 Å². The van der Waals surface area contributed by atoms with Crippen LogP contribution in [-0.4, -0.2) is 14.4 Å². The summed E-state index contributed by atoms with van der Waals surface area (Å²) < 4.78 is 10.6. The Bertz CT molecular complexity index is 174. The van der Waals surface area contributed by atoms with Crippen molar-refractivity contribution in [3.8, 4) is 0 Å². The van der Waals surface area contributed by atoms with Crippen molar-refractivity contribution in [3.05, 3.63) is 11.3 Å². The van der Waals surface area contributed by atoms with E-state index in [1.165, 1.54) is 6.20 Å². The highest BCUT2D eigenvalue weighted by Gasteiger charge is 2.13. The number of hydrogen-bond donors (Lipinski definition) is 1. The zero-order valence-corrected chi connectivity index (χ0v) is 5.10. The van der Waals surface area contributed by atoms with Gasteiger partial charge in [-0.1, -0.05) is 0 Å². The van der Waals surface area contributed by atoms with E-state index in [1.807, 2.05) is 0 Å². The SMILES string of the molecule is CC1=NC=C(O)S1=O. The summed E-state index contributed by atoms with van der Waals surface area (Å²) in [6.07, 6.45) is 1.20. The molecule has 0 saturated heterocycles. The number of hydrogen-bond acceptors (Lipinski definition) is 3. The Hall–Kier alpha value is -0.640. The van der Waals surface area contributed by atoms with Crippen LogP contribution in [0.1, 0.15) is 6.92 Å². The maximum atomic E-state index is 10.6. The molecule has 1 atom stereocenters. The van der Waals surface area contributed by atoms with Gasteiger partial charge in [0.2, 0.25) is 5.09 Å². The average molecular weight is 131 g/mol. The molecular formula is C4H5NO2S. The highest BCUT2D eigenvalue weighted by Crippen LogP contribution is 2.07. The van der Waals surface area contributed by atoms with Gasteiger partial charge in [-0.3, -0.25) is 0 Å². The van der Waals surface area contributed by atoms with Crippen molar-refractivity contribution in [3.63, 3.8) is 0 Å². The van der Waals surface area contributed by atoms with Crippen LogP contribution in [0, 0.1) is 0 Å². The Balaban J connectivity index is 2.92. The van der Waals surface area contributed by atoms with Crippen LogP contribution in [0.5, 0.6) is 0 Å². The molecule has 0 aromatic carbocycles. The van der Waals surface area contributed by atoms with Crippen molar-refractivity contribution in [2.24, 2.45) is 4.99 Å². The first-order chi connectivity index (χ1) is 3.72. The largest absolute Gasteiger partial charge is 0.499 e. The molecular weight excluding hydrogens is 126 g/mol. The summed E-state index contributed by atoms with van der Waals surface area (Å²) in [6.45, 7) is 1.61. The fourth-order valence-electron chi connectivity index (χ4n) is 0.393. The Morgan fingerprint density at radius 1 is 1.88 bits per heavy atom. The molecule has 44 valence electrons. The van der Waals surface area contributed by atoms with Crippen LogP contribution in [0.3, 0.4) is 0 Å². The molecule has 8 heavy (non-hydrogen) atoms. The predicted molar refractivity (Wildman–Crippen MR) is 32.0 cm³/mol. The van der Waals surface area contributed by atoms with Crippen LogP contribution in [0.25, 0.3) is 0 Å². The van der Waals surface area contributed by atoms with Crippen LogP contribution in [-0.2, 0) is 10.8 Å². The number of nitrogens with zero attached hydrogens (tertiary/aromatic N) is 1. The fraction of sp³-hybridized carbons (Fsp3) is 0.250. The molecule has 0 aromatic heterocycles. The third-order valence-electron chi connectivity index (χ3n) is 0.815. The fourth-order valence-corrected chi connectivity index (χ4v) is 0.993. The number of aliphatic hydroxyl groups excluding tert-OH is 1. The number of aliphatic hydroxyl groups is 1. The minimum Gasteiger partial charge on any atom is -0.499 e. The summed E-state index contributed by atoms with van der Waals surface area (Å²) in [5, 5.41) is 8.92. The molecule has 1 unspecified atom stereocenters. The van der Waals surface area contributed by atoms with Gasteiger partial charge >= 0.3 is 0 Å². The first-order valence-corrected chi connectivity index (χ1v) is 3.22. The normalized spacial score (nSPS) is 27.4. The molecule has 0 radical (unpaired) electrons. The second kappa shape index (κ2) is 1.70. The minimum absolute atomic E-state index is 0.150. The zero-order valence-electron chi connectivity index (χ0n) is 4.29. The van der Waals surface area contributed by atoms with Gasteiger partial charge in [-0.05, 0) is 6.92 Å². The third-order valence-corrected chi connectivity index (χ3v) is 1.94. The smallest absolute Gasteiger partial charge is 0.205 e. The van der Waals surface area contributed by atoms with Gasteiger partial charge in [0.1, 0.15) is 15.8 Å². The maximum absolute atomic E-state index is 10.6. The Morgan fingerprint density at radius 3 is 2.62 bits per heavy atom. The van der Waals surface area contributed by atoms with Gasteiger partial charge in [0.15, 0.2) is 0 Å². The van der Waals surface area contributed by atoms with Gasteiger partial charge < -0.3 is 5.11 Å². The molecule has 1 aliphatic rings. The molecule has 1 N–H and O–H groups in total. The molecule has 0 spiro atoms. The lowest BCUT2D eigenvalue weighted by Crippen LogP contribution is -1.98. The summed E-state index contributed by atoms with van der Waals surface area (Å²) in [4.78, 5) is 3.60. The number of rotatable bonds is 0. The average Bonchev–Trinajstić information content (AvgIpc) is 1.98. The maximum Gasteiger partial charge on any atom is 0.205 e. The quantitative estimate of drug-likeness (QED) is 0.521. The molecule has 0 aliphatic carbocycles. The van der Waals surface area contributed by atoms with Crippen LogP contribution in [0.2, 0.25) is 0 Å². The Kier molecular flexibility index (Phi) is 1.17. The summed E-state index contributed by atoms with van der Waals surface area (Å²) in [7, 11) is -1.35. The van der Waals surface area contributed by atoms with Crippen LogP contribution in [0.4, 0.5) is 0 Å². The van der Waals surface area contributed by atoms with Gasteiger partial charge in [-0.2, -0.15) is 0 Å². The topological polar surface area (TPSA) is 49.7 Å². The Labute approximate surface area is 49.2 Å².